The van der Waals surface area contributed by atoms with E-state index < -0.39 is 12.0 Å². The van der Waals surface area contributed by atoms with Crippen LogP contribution in [0.15, 0.2) is 28.7 Å². The smallest absolute Gasteiger partial charge is 0.319 e. The van der Waals surface area contributed by atoms with Gasteiger partial charge in [0.25, 0.3) is 0 Å². The molecule has 4 aromatic rings. The predicted octanol–water partition coefficient (Wildman–Crippen LogP) is 5.82. The van der Waals surface area contributed by atoms with E-state index in [9.17, 15) is 9.65 Å². The Morgan fingerprint density at radius 2 is 1.98 bits per heavy atom. The lowest BCUT2D eigenvalue weighted by molar-refractivity contribution is 0.0196. The topological polar surface area (TPSA) is 116 Å². The number of benzene rings is 2. The van der Waals surface area contributed by atoms with Gasteiger partial charge in [-0.2, -0.15) is 15.2 Å². The summed E-state index contributed by atoms with van der Waals surface area (Å²) in [7, 11) is 0. The highest BCUT2D eigenvalue weighted by Gasteiger charge is 2.41. The van der Waals surface area contributed by atoms with E-state index in [1.54, 1.807) is 24.3 Å². The molecule has 2 bridgehead atoms. The van der Waals surface area contributed by atoms with Gasteiger partial charge in [-0.1, -0.05) is 30.2 Å². The van der Waals surface area contributed by atoms with Crippen molar-refractivity contribution in [1.82, 2.24) is 20.2 Å². The summed E-state index contributed by atoms with van der Waals surface area (Å²) in [5, 5.41) is 14.5. The number of furan rings is 1. The highest BCUT2D eigenvalue weighted by Crippen LogP contribution is 2.45. The molecule has 3 atom stereocenters. The molecule has 4 aliphatic rings. The van der Waals surface area contributed by atoms with Crippen LogP contribution in [0, 0.1) is 22.6 Å². The van der Waals surface area contributed by atoms with Crippen molar-refractivity contribution in [2.24, 2.45) is 5.41 Å². The summed E-state index contributed by atoms with van der Waals surface area (Å²) in [6, 6.07) is 9.63. The van der Waals surface area contributed by atoms with Crippen LogP contribution in [0.1, 0.15) is 44.1 Å². The number of nitrogens with two attached hydrogens (primary N) is 1. The van der Waals surface area contributed by atoms with Crippen LogP contribution >= 0.6 is 11.6 Å². The second kappa shape index (κ2) is 11.0. The summed E-state index contributed by atoms with van der Waals surface area (Å²) in [5.74, 6) is -0.0804. The third-order valence-corrected chi connectivity index (χ3v) is 10.5. The average Bonchev–Trinajstić information content (AvgIpc) is 3.68. The molecular formula is C33H34ClF2N7O2. The number of anilines is 2. The van der Waals surface area contributed by atoms with Crippen molar-refractivity contribution in [3.63, 3.8) is 0 Å². The Bertz CT molecular complexity index is 1840. The van der Waals surface area contributed by atoms with Gasteiger partial charge in [-0.05, 0) is 49.8 Å². The van der Waals surface area contributed by atoms with Crippen molar-refractivity contribution >= 4 is 45.2 Å². The van der Waals surface area contributed by atoms with Gasteiger partial charge in [0.2, 0.25) is 5.88 Å². The molecule has 3 saturated heterocycles. The summed E-state index contributed by atoms with van der Waals surface area (Å²) < 4.78 is 42.8. The number of aromatic nitrogens is 2. The van der Waals surface area contributed by atoms with Crippen LogP contribution in [0.25, 0.3) is 33.0 Å². The fourth-order valence-corrected chi connectivity index (χ4v) is 8.11. The summed E-state index contributed by atoms with van der Waals surface area (Å²) in [5.41, 5.74) is 6.96. The number of likely N-dealkylation sites (tertiary alicyclic amines) is 1. The molecule has 9 nitrogen and oxygen atoms in total. The molecule has 3 aliphatic heterocycles. The number of piperazine rings is 1. The molecule has 2 unspecified atom stereocenters. The highest BCUT2D eigenvalue weighted by atomic mass is 35.5. The average molecular weight is 634 g/mol. The van der Waals surface area contributed by atoms with Crippen LogP contribution in [0.5, 0.6) is 6.01 Å². The minimum Gasteiger partial charge on any atom is -0.463 e. The first-order valence-electron chi connectivity index (χ1n) is 15.7. The number of rotatable bonds is 7. The number of ether oxygens (including phenoxy) is 1. The van der Waals surface area contributed by atoms with Gasteiger partial charge in [0.15, 0.2) is 5.82 Å². The van der Waals surface area contributed by atoms with E-state index in [0.29, 0.717) is 59.4 Å². The lowest BCUT2D eigenvalue weighted by atomic mass is 9.69. The van der Waals surface area contributed by atoms with Crippen molar-refractivity contribution in [2.75, 3.05) is 50.0 Å². The van der Waals surface area contributed by atoms with Gasteiger partial charge < -0.3 is 25.1 Å². The predicted molar refractivity (Wildman–Crippen MR) is 169 cm³/mol. The quantitative estimate of drug-likeness (QED) is 0.260. The monoisotopic (exact) mass is 633 g/mol. The summed E-state index contributed by atoms with van der Waals surface area (Å²) >= 11 is 6.87. The number of hydrogen-bond acceptors (Lipinski definition) is 9. The maximum atomic E-state index is 16.9. The summed E-state index contributed by atoms with van der Waals surface area (Å²) in [4.78, 5) is 13.9. The molecule has 5 heterocycles. The van der Waals surface area contributed by atoms with Crippen molar-refractivity contribution in [2.45, 2.75) is 56.8 Å². The molecule has 1 aliphatic carbocycles. The van der Waals surface area contributed by atoms with Gasteiger partial charge in [0.05, 0.1) is 11.6 Å². The van der Waals surface area contributed by atoms with Gasteiger partial charge >= 0.3 is 6.01 Å². The van der Waals surface area contributed by atoms with Crippen LogP contribution in [0.2, 0.25) is 5.02 Å². The van der Waals surface area contributed by atoms with E-state index in [0.717, 1.165) is 58.3 Å². The molecule has 12 heteroatoms. The standard InChI is InChI=1S/C33H34ClF2N7O2/c34-24-11-22-29(28(36)27(24)21-3-1-4-25-26(21)23(12-37)30(38)45-25)40-32(41-31(22)43-14-19-5-6-20(15-43)39-19)44-17-33(8-2-9-33)16-42-10-7-18(35)13-42/h1,3-4,11,18-20,39H,2,5-10,13-17,38H2/t18-,19?,20?/m1/s1. The third-order valence-electron chi connectivity index (χ3n) is 10.2. The van der Waals surface area contributed by atoms with Gasteiger partial charge in [0.1, 0.15) is 34.7 Å². The largest absolute Gasteiger partial charge is 0.463 e. The molecular weight excluding hydrogens is 600 g/mol. The van der Waals surface area contributed by atoms with Crippen molar-refractivity contribution < 1.29 is 17.9 Å². The van der Waals surface area contributed by atoms with Crippen molar-refractivity contribution in [3.05, 3.63) is 40.7 Å². The third kappa shape index (κ3) is 4.94. The number of halogens is 3. The first kappa shape index (κ1) is 28.7. The van der Waals surface area contributed by atoms with Crippen LogP contribution in [-0.2, 0) is 0 Å². The summed E-state index contributed by atoms with van der Waals surface area (Å²) in [6.07, 6.45) is 5.00. The fraction of sp³-hybridized carbons (Fsp3) is 0.485. The van der Waals surface area contributed by atoms with E-state index in [2.05, 4.69) is 26.2 Å². The number of nitriles is 1. The Balaban J connectivity index is 1.23. The van der Waals surface area contributed by atoms with Crippen LogP contribution in [0.4, 0.5) is 20.5 Å². The number of nitrogens with one attached hydrogen (secondary N) is 1. The molecule has 8 rings (SSSR count). The molecule has 0 spiro atoms. The van der Waals surface area contributed by atoms with Gasteiger partial charge in [0, 0.05) is 66.6 Å². The number of nitrogen functional groups attached to an aromatic ring is 1. The summed E-state index contributed by atoms with van der Waals surface area (Å²) in [6.45, 7) is 3.81. The van der Waals surface area contributed by atoms with E-state index in [1.807, 2.05) is 0 Å². The lowest BCUT2D eigenvalue weighted by Crippen LogP contribution is -2.51. The van der Waals surface area contributed by atoms with E-state index >= 15 is 4.39 Å². The molecule has 0 radical (unpaired) electrons. The number of hydrogen-bond donors (Lipinski definition) is 2. The zero-order valence-electron chi connectivity index (χ0n) is 24.8. The van der Waals surface area contributed by atoms with E-state index in [-0.39, 0.29) is 39.0 Å². The maximum Gasteiger partial charge on any atom is 0.319 e. The van der Waals surface area contributed by atoms with Gasteiger partial charge in [-0.15, -0.1) is 0 Å². The molecule has 2 aromatic heterocycles. The van der Waals surface area contributed by atoms with Crippen molar-refractivity contribution in [1.29, 1.82) is 5.26 Å². The van der Waals surface area contributed by atoms with Crippen LogP contribution < -0.4 is 20.7 Å². The minimum absolute atomic E-state index is 0.0354. The Morgan fingerprint density at radius 1 is 1.18 bits per heavy atom. The first-order chi connectivity index (χ1) is 21.8. The SMILES string of the molecule is N#Cc1c(N)oc2cccc(-c3c(Cl)cc4c(N5CC6CCC(C5)N6)nc(OCC5(CN6CC[C@@H](F)C6)CCC5)nc4c3F)c12. The minimum atomic E-state index is -0.777. The molecule has 4 fully saturated rings. The number of fused-ring (bicyclic) bond motifs is 4. The Kier molecular flexibility index (Phi) is 7.00. The Morgan fingerprint density at radius 3 is 2.67 bits per heavy atom. The molecule has 1 saturated carbocycles. The van der Waals surface area contributed by atoms with Crippen molar-refractivity contribution in [3.8, 4) is 23.2 Å². The lowest BCUT2D eigenvalue weighted by Gasteiger charge is -2.43. The van der Waals surface area contributed by atoms with Gasteiger partial charge in [-0.25, -0.2) is 8.78 Å². The Labute approximate surface area is 264 Å². The molecule has 2 aromatic carbocycles. The normalized spacial score (nSPS) is 24.3. The second-order valence-corrected chi connectivity index (χ2v) is 13.6. The van der Waals surface area contributed by atoms with E-state index in [1.165, 1.54) is 0 Å². The second-order valence-electron chi connectivity index (χ2n) is 13.2. The molecule has 45 heavy (non-hydrogen) atoms. The van der Waals surface area contributed by atoms with Crippen LogP contribution in [0.3, 0.4) is 0 Å². The molecule has 234 valence electrons. The molecule has 3 N–H and O–H groups in total. The highest BCUT2D eigenvalue weighted by molar-refractivity contribution is 6.35. The zero-order chi connectivity index (χ0) is 30.9. The first-order valence-corrected chi connectivity index (χ1v) is 16.1. The van der Waals surface area contributed by atoms with E-state index in [4.69, 9.17) is 31.5 Å². The Hall–Kier alpha value is -3.72. The van der Waals surface area contributed by atoms with Crippen LogP contribution in [-0.4, -0.2) is 72.5 Å². The maximum absolute atomic E-state index is 16.9. The van der Waals surface area contributed by atoms with Gasteiger partial charge in [-0.3, -0.25) is 4.90 Å². The molecule has 0 amide bonds. The number of nitrogens with zero attached hydrogens (tertiary/aromatic N) is 5. The fourth-order valence-electron chi connectivity index (χ4n) is 7.81. The number of alkyl halides is 1. The zero-order valence-corrected chi connectivity index (χ0v) is 25.5.